The van der Waals surface area contributed by atoms with E-state index in [1.807, 2.05) is 0 Å². The Morgan fingerprint density at radius 2 is 1.65 bits per heavy atom. The average molecular weight is 303 g/mol. The van der Waals surface area contributed by atoms with Gasteiger partial charge in [0.1, 0.15) is 0 Å². The molecule has 0 aromatic rings. The van der Waals surface area contributed by atoms with Crippen LogP contribution in [0.15, 0.2) is 0 Å². The van der Waals surface area contributed by atoms with Gasteiger partial charge in [-0.25, -0.2) is 0 Å². The Bertz CT molecular complexity index is 295. The Morgan fingerprint density at radius 3 is 2.10 bits per heavy atom. The molecule has 0 bridgehead atoms. The van der Waals surface area contributed by atoms with Crippen molar-refractivity contribution in [3.05, 3.63) is 0 Å². The Hall–Kier alpha value is 0.0969. The molecule has 1 rings (SSSR count). The molecule has 0 unspecified atom stereocenters. The van der Waals surface area contributed by atoms with E-state index in [4.69, 9.17) is 13.9 Å². The van der Waals surface area contributed by atoms with Crippen LogP contribution >= 0.6 is 0 Å². The van der Waals surface area contributed by atoms with Crippen LogP contribution in [0.4, 0.5) is 0 Å². The SMILES string of the molecule is COC(C[C@@H]1C[C@@H](C)C[C@@H]1O[Si](C)(C)C(C)(C)C)OC. The fourth-order valence-electron chi connectivity index (χ4n) is 2.84. The Labute approximate surface area is 126 Å². The summed E-state index contributed by atoms with van der Waals surface area (Å²) in [7, 11) is 1.74. The van der Waals surface area contributed by atoms with Crippen LogP contribution in [0, 0.1) is 11.8 Å². The van der Waals surface area contributed by atoms with Gasteiger partial charge in [-0.05, 0) is 42.8 Å². The van der Waals surface area contributed by atoms with E-state index in [0.717, 1.165) is 12.3 Å². The molecule has 0 N–H and O–H groups in total. The molecule has 1 aliphatic rings. The number of methoxy groups -OCH3 is 2. The van der Waals surface area contributed by atoms with Crippen LogP contribution in [-0.4, -0.2) is 34.9 Å². The molecule has 1 fully saturated rings. The molecule has 0 radical (unpaired) electrons. The zero-order chi connectivity index (χ0) is 15.6. The van der Waals surface area contributed by atoms with Gasteiger partial charge >= 0.3 is 0 Å². The summed E-state index contributed by atoms with van der Waals surface area (Å²) >= 11 is 0. The minimum atomic E-state index is -1.69. The number of hydrogen-bond acceptors (Lipinski definition) is 3. The van der Waals surface area contributed by atoms with Crippen molar-refractivity contribution in [2.24, 2.45) is 11.8 Å². The van der Waals surface area contributed by atoms with Gasteiger partial charge in [0.25, 0.3) is 0 Å². The Kier molecular flexibility index (Phi) is 6.26. The Morgan fingerprint density at radius 1 is 1.10 bits per heavy atom. The van der Waals surface area contributed by atoms with E-state index in [0.29, 0.717) is 12.0 Å². The van der Waals surface area contributed by atoms with E-state index in [1.54, 1.807) is 14.2 Å². The first kappa shape index (κ1) is 18.1. The molecule has 0 saturated heterocycles. The maximum absolute atomic E-state index is 6.66. The second kappa shape index (κ2) is 6.90. The summed E-state index contributed by atoms with van der Waals surface area (Å²) in [4.78, 5) is 0. The molecule has 4 heteroatoms. The van der Waals surface area contributed by atoms with Crippen LogP contribution in [0.5, 0.6) is 0 Å². The van der Waals surface area contributed by atoms with Gasteiger partial charge in [-0.1, -0.05) is 27.7 Å². The van der Waals surface area contributed by atoms with Gasteiger partial charge < -0.3 is 13.9 Å². The lowest BCUT2D eigenvalue weighted by atomic mass is 10.0. The summed E-state index contributed by atoms with van der Waals surface area (Å²) in [6.07, 6.45) is 3.62. The van der Waals surface area contributed by atoms with E-state index in [1.165, 1.54) is 12.8 Å². The standard InChI is InChI=1S/C16H34O3Si/c1-12-9-13(11-15(17-5)18-6)14(10-12)19-20(7,8)16(2,3)4/h12-15H,9-11H2,1-8H3/t12-,13+,14+/m1/s1. The van der Waals surface area contributed by atoms with E-state index >= 15 is 0 Å². The van der Waals surface area contributed by atoms with Gasteiger partial charge in [0.15, 0.2) is 14.6 Å². The Balaban J connectivity index is 2.71. The van der Waals surface area contributed by atoms with Crippen molar-refractivity contribution in [1.29, 1.82) is 0 Å². The minimum Gasteiger partial charge on any atom is -0.414 e. The highest BCUT2D eigenvalue weighted by Crippen LogP contribution is 2.43. The molecule has 0 aromatic carbocycles. The van der Waals surface area contributed by atoms with Gasteiger partial charge in [-0.2, -0.15) is 0 Å². The highest BCUT2D eigenvalue weighted by Gasteiger charge is 2.43. The van der Waals surface area contributed by atoms with Crippen molar-refractivity contribution in [2.75, 3.05) is 14.2 Å². The quantitative estimate of drug-likeness (QED) is 0.536. The van der Waals surface area contributed by atoms with Crippen LogP contribution in [0.3, 0.4) is 0 Å². The molecule has 0 aromatic heterocycles. The lowest BCUT2D eigenvalue weighted by Gasteiger charge is -2.40. The van der Waals surface area contributed by atoms with Gasteiger partial charge in [0.2, 0.25) is 0 Å². The molecule has 0 spiro atoms. The molecule has 3 atom stereocenters. The molecule has 120 valence electrons. The summed E-state index contributed by atoms with van der Waals surface area (Å²) in [5, 5.41) is 0.269. The monoisotopic (exact) mass is 302 g/mol. The number of ether oxygens (including phenoxy) is 2. The molecule has 3 nitrogen and oxygen atoms in total. The summed E-state index contributed by atoms with van der Waals surface area (Å²) in [5.41, 5.74) is 0. The molecule has 0 aliphatic heterocycles. The van der Waals surface area contributed by atoms with Gasteiger partial charge in [0, 0.05) is 26.7 Å². The minimum absolute atomic E-state index is 0.101. The van der Waals surface area contributed by atoms with Crippen molar-refractivity contribution in [2.45, 2.75) is 77.5 Å². The van der Waals surface area contributed by atoms with Crippen LogP contribution < -0.4 is 0 Å². The van der Waals surface area contributed by atoms with Crippen LogP contribution in [0.25, 0.3) is 0 Å². The smallest absolute Gasteiger partial charge is 0.192 e. The summed E-state index contributed by atoms with van der Waals surface area (Å²) in [6.45, 7) is 13.9. The topological polar surface area (TPSA) is 27.7 Å². The second-order valence-corrected chi connectivity index (χ2v) is 12.6. The van der Waals surface area contributed by atoms with Crippen molar-refractivity contribution in [1.82, 2.24) is 0 Å². The fraction of sp³-hybridized carbons (Fsp3) is 1.00. The first-order valence-corrected chi connectivity index (χ1v) is 10.7. The van der Waals surface area contributed by atoms with E-state index < -0.39 is 8.32 Å². The normalized spacial score (nSPS) is 28.4. The highest BCUT2D eigenvalue weighted by atomic mass is 28.4. The van der Waals surface area contributed by atoms with Crippen molar-refractivity contribution >= 4 is 8.32 Å². The maximum atomic E-state index is 6.66. The zero-order valence-electron chi connectivity index (χ0n) is 14.7. The maximum Gasteiger partial charge on any atom is 0.192 e. The van der Waals surface area contributed by atoms with Crippen molar-refractivity contribution in [3.8, 4) is 0 Å². The molecule has 1 saturated carbocycles. The van der Waals surface area contributed by atoms with Gasteiger partial charge in [-0.3, -0.25) is 0 Å². The molecule has 20 heavy (non-hydrogen) atoms. The first-order chi connectivity index (χ1) is 9.10. The van der Waals surface area contributed by atoms with Gasteiger partial charge in [-0.15, -0.1) is 0 Å². The van der Waals surface area contributed by atoms with E-state index in [-0.39, 0.29) is 11.3 Å². The molecular formula is C16H34O3Si. The lowest BCUT2D eigenvalue weighted by molar-refractivity contribution is -0.118. The van der Waals surface area contributed by atoms with E-state index in [9.17, 15) is 0 Å². The van der Waals surface area contributed by atoms with Crippen LogP contribution in [-0.2, 0) is 13.9 Å². The van der Waals surface area contributed by atoms with Crippen LogP contribution in [0.2, 0.25) is 18.1 Å². The van der Waals surface area contributed by atoms with Crippen LogP contribution in [0.1, 0.15) is 47.0 Å². The summed E-state index contributed by atoms with van der Waals surface area (Å²) in [6, 6.07) is 0. The lowest BCUT2D eigenvalue weighted by Crippen LogP contribution is -2.45. The average Bonchev–Trinajstić information content (AvgIpc) is 2.64. The summed E-state index contributed by atoms with van der Waals surface area (Å²) in [5.74, 6) is 1.30. The zero-order valence-corrected chi connectivity index (χ0v) is 15.7. The molecule has 0 heterocycles. The summed E-state index contributed by atoms with van der Waals surface area (Å²) < 4.78 is 17.4. The third-order valence-corrected chi connectivity index (χ3v) is 9.64. The fourth-order valence-corrected chi connectivity index (χ4v) is 4.24. The second-order valence-electron chi connectivity index (χ2n) is 7.89. The number of rotatable bonds is 6. The third kappa shape index (κ3) is 4.55. The van der Waals surface area contributed by atoms with Crippen molar-refractivity contribution < 1.29 is 13.9 Å². The predicted molar refractivity (Wildman–Crippen MR) is 86.4 cm³/mol. The van der Waals surface area contributed by atoms with Crippen molar-refractivity contribution in [3.63, 3.8) is 0 Å². The first-order valence-electron chi connectivity index (χ1n) is 7.84. The van der Waals surface area contributed by atoms with Gasteiger partial charge in [0.05, 0.1) is 0 Å². The molecule has 0 amide bonds. The van der Waals surface area contributed by atoms with E-state index in [2.05, 4.69) is 40.8 Å². The highest BCUT2D eigenvalue weighted by molar-refractivity contribution is 6.74. The predicted octanol–water partition coefficient (Wildman–Crippen LogP) is 4.43. The largest absolute Gasteiger partial charge is 0.414 e. The molecule has 1 aliphatic carbocycles. The number of hydrogen-bond donors (Lipinski definition) is 0. The molecular weight excluding hydrogens is 268 g/mol. The third-order valence-electron chi connectivity index (χ3n) is 5.14.